The predicted molar refractivity (Wildman–Crippen MR) is 103 cm³/mol. The fourth-order valence-electron chi connectivity index (χ4n) is 2.96. The van der Waals surface area contributed by atoms with E-state index in [-0.39, 0.29) is 5.82 Å². The van der Waals surface area contributed by atoms with Gasteiger partial charge in [-0.2, -0.15) is 0 Å². The summed E-state index contributed by atoms with van der Waals surface area (Å²) in [7, 11) is 4.66. The van der Waals surface area contributed by atoms with Crippen LogP contribution in [0.1, 0.15) is 5.56 Å². The Morgan fingerprint density at radius 2 is 1.67 bits per heavy atom. The number of morpholine rings is 1. The van der Waals surface area contributed by atoms with Gasteiger partial charge in [0.15, 0.2) is 11.5 Å². The summed E-state index contributed by atoms with van der Waals surface area (Å²) in [5.41, 5.74) is 1.85. The van der Waals surface area contributed by atoms with Gasteiger partial charge in [0.25, 0.3) is 0 Å². The lowest BCUT2D eigenvalue weighted by Gasteiger charge is -2.29. The van der Waals surface area contributed by atoms with Crippen molar-refractivity contribution < 1.29 is 23.3 Å². The van der Waals surface area contributed by atoms with Crippen LogP contribution in [0.5, 0.6) is 17.2 Å². The van der Waals surface area contributed by atoms with Crippen molar-refractivity contribution in [3.05, 3.63) is 41.7 Å². The Bertz CT molecular complexity index is 795. The number of anilines is 1. The summed E-state index contributed by atoms with van der Waals surface area (Å²) in [5, 5.41) is 0. The van der Waals surface area contributed by atoms with E-state index in [9.17, 15) is 4.39 Å². The van der Waals surface area contributed by atoms with Gasteiger partial charge in [-0.15, -0.1) is 0 Å². The molecule has 1 heterocycles. The van der Waals surface area contributed by atoms with E-state index in [0.717, 1.165) is 5.56 Å². The summed E-state index contributed by atoms with van der Waals surface area (Å²) in [5.74, 6) is 1.29. The Morgan fingerprint density at radius 3 is 2.22 bits per heavy atom. The molecule has 0 aliphatic carbocycles. The molecule has 0 atom stereocenters. The van der Waals surface area contributed by atoms with Crippen molar-refractivity contribution in [1.29, 1.82) is 0 Å². The van der Waals surface area contributed by atoms with Gasteiger partial charge < -0.3 is 23.8 Å². The van der Waals surface area contributed by atoms with Crippen LogP contribution in [-0.4, -0.2) is 53.8 Å². The first kappa shape index (κ1) is 19.0. The first-order chi connectivity index (χ1) is 13.2. The Kier molecular flexibility index (Phi) is 6.13. The second-order valence-corrected chi connectivity index (χ2v) is 5.95. The highest BCUT2D eigenvalue weighted by atomic mass is 19.1. The van der Waals surface area contributed by atoms with Crippen LogP contribution in [0, 0.1) is 5.82 Å². The van der Waals surface area contributed by atoms with E-state index in [1.165, 1.54) is 6.07 Å². The molecule has 6 nitrogen and oxygen atoms in total. The Labute approximate surface area is 158 Å². The number of hydrogen-bond acceptors (Lipinski definition) is 6. The Balaban J connectivity index is 1.82. The van der Waals surface area contributed by atoms with E-state index >= 15 is 0 Å². The molecule has 7 heteroatoms. The van der Waals surface area contributed by atoms with E-state index in [4.69, 9.17) is 18.9 Å². The number of hydrogen-bond donors (Lipinski definition) is 0. The zero-order valence-electron chi connectivity index (χ0n) is 15.7. The lowest BCUT2D eigenvalue weighted by molar-refractivity contribution is 0.122. The highest BCUT2D eigenvalue weighted by Gasteiger charge is 2.15. The topological polar surface area (TPSA) is 52.5 Å². The predicted octanol–water partition coefficient (Wildman–Crippen LogP) is 3.44. The largest absolute Gasteiger partial charge is 0.493 e. The molecule has 1 aliphatic rings. The first-order valence-corrected chi connectivity index (χ1v) is 8.62. The maximum absolute atomic E-state index is 14.5. The molecule has 0 aromatic heterocycles. The van der Waals surface area contributed by atoms with Gasteiger partial charge in [0, 0.05) is 30.9 Å². The Morgan fingerprint density at radius 1 is 1.00 bits per heavy atom. The average molecular weight is 374 g/mol. The fraction of sp³-hybridized carbons (Fsp3) is 0.350. The van der Waals surface area contributed by atoms with Gasteiger partial charge in [-0.1, -0.05) is 0 Å². The molecule has 0 radical (unpaired) electrons. The lowest BCUT2D eigenvalue weighted by atomic mass is 10.2. The van der Waals surface area contributed by atoms with Crippen LogP contribution in [-0.2, 0) is 4.74 Å². The summed E-state index contributed by atoms with van der Waals surface area (Å²) < 4.78 is 35.8. The highest BCUT2D eigenvalue weighted by Crippen LogP contribution is 2.38. The fourth-order valence-corrected chi connectivity index (χ4v) is 2.96. The van der Waals surface area contributed by atoms with Crippen LogP contribution >= 0.6 is 0 Å². The van der Waals surface area contributed by atoms with Crippen LogP contribution in [0.2, 0.25) is 0 Å². The summed E-state index contributed by atoms with van der Waals surface area (Å²) in [6.07, 6.45) is 1.63. The van der Waals surface area contributed by atoms with Gasteiger partial charge in [-0.25, -0.2) is 4.39 Å². The van der Waals surface area contributed by atoms with Crippen molar-refractivity contribution in [2.45, 2.75) is 0 Å². The summed E-state index contributed by atoms with van der Waals surface area (Å²) in [6, 6.07) is 8.54. The number of halogens is 1. The summed E-state index contributed by atoms with van der Waals surface area (Å²) in [6.45, 7) is 2.59. The van der Waals surface area contributed by atoms with Gasteiger partial charge in [0.2, 0.25) is 5.75 Å². The van der Waals surface area contributed by atoms with Crippen molar-refractivity contribution in [2.75, 3.05) is 52.5 Å². The minimum atomic E-state index is -0.295. The monoisotopic (exact) mass is 374 g/mol. The van der Waals surface area contributed by atoms with Gasteiger partial charge in [-0.3, -0.25) is 4.99 Å². The molecule has 1 aliphatic heterocycles. The molecule has 0 saturated carbocycles. The molecular formula is C20H23FN2O4. The van der Waals surface area contributed by atoms with E-state index in [2.05, 4.69) is 4.99 Å². The molecule has 3 rings (SSSR count). The minimum absolute atomic E-state index is 0.295. The van der Waals surface area contributed by atoms with Crippen LogP contribution in [0.15, 0.2) is 35.3 Å². The smallest absolute Gasteiger partial charge is 0.203 e. The molecule has 1 saturated heterocycles. The second-order valence-electron chi connectivity index (χ2n) is 5.95. The Hall–Kier alpha value is -2.80. The minimum Gasteiger partial charge on any atom is -0.493 e. The van der Waals surface area contributed by atoms with Crippen molar-refractivity contribution in [3.63, 3.8) is 0 Å². The van der Waals surface area contributed by atoms with Gasteiger partial charge >= 0.3 is 0 Å². The molecule has 1 fully saturated rings. The van der Waals surface area contributed by atoms with Gasteiger partial charge in [0.05, 0.1) is 45.9 Å². The van der Waals surface area contributed by atoms with Gasteiger partial charge in [-0.05, 0) is 24.3 Å². The highest BCUT2D eigenvalue weighted by molar-refractivity contribution is 5.84. The third-order valence-electron chi connectivity index (χ3n) is 4.33. The SMILES string of the molecule is COc1cc(C=Nc2ccc(N3CCOCC3)c(F)c2)cc(OC)c1OC. The molecule has 0 amide bonds. The molecule has 0 bridgehead atoms. The van der Waals surface area contributed by atoms with E-state index in [0.29, 0.717) is 54.9 Å². The molecule has 27 heavy (non-hydrogen) atoms. The number of aliphatic imine (C=N–C) groups is 1. The first-order valence-electron chi connectivity index (χ1n) is 8.62. The molecule has 144 valence electrons. The normalized spacial score (nSPS) is 14.4. The quantitative estimate of drug-likeness (QED) is 0.725. The third-order valence-corrected chi connectivity index (χ3v) is 4.33. The van der Waals surface area contributed by atoms with Crippen LogP contribution in [0.4, 0.5) is 15.8 Å². The maximum atomic E-state index is 14.5. The zero-order chi connectivity index (χ0) is 19.2. The van der Waals surface area contributed by atoms with E-state index in [1.807, 2.05) is 4.90 Å². The molecule has 2 aromatic carbocycles. The summed E-state index contributed by atoms with van der Waals surface area (Å²) >= 11 is 0. The third kappa shape index (κ3) is 4.31. The number of methoxy groups -OCH3 is 3. The number of benzene rings is 2. The molecule has 2 aromatic rings. The van der Waals surface area contributed by atoms with Crippen molar-refractivity contribution >= 4 is 17.6 Å². The molecular weight excluding hydrogens is 351 g/mol. The van der Waals surface area contributed by atoms with Crippen LogP contribution in [0.25, 0.3) is 0 Å². The van der Waals surface area contributed by atoms with Crippen LogP contribution < -0.4 is 19.1 Å². The average Bonchev–Trinajstić information content (AvgIpc) is 2.72. The zero-order valence-corrected chi connectivity index (χ0v) is 15.7. The maximum Gasteiger partial charge on any atom is 0.203 e. The van der Waals surface area contributed by atoms with Crippen molar-refractivity contribution in [2.24, 2.45) is 4.99 Å². The number of ether oxygens (including phenoxy) is 4. The van der Waals surface area contributed by atoms with Crippen LogP contribution in [0.3, 0.4) is 0 Å². The van der Waals surface area contributed by atoms with E-state index < -0.39 is 0 Å². The van der Waals surface area contributed by atoms with Crippen molar-refractivity contribution in [1.82, 2.24) is 0 Å². The summed E-state index contributed by atoms with van der Waals surface area (Å²) in [4.78, 5) is 6.35. The molecule has 0 unspecified atom stereocenters. The lowest BCUT2D eigenvalue weighted by Crippen LogP contribution is -2.36. The van der Waals surface area contributed by atoms with E-state index in [1.54, 1.807) is 51.8 Å². The molecule has 0 N–H and O–H groups in total. The second kappa shape index (κ2) is 8.73. The number of rotatable bonds is 6. The van der Waals surface area contributed by atoms with Crippen molar-refractivity contribution in [3.8, 4) is 17.2 Å². The van der Waals surface area contributed by atoms with Gasteiger partial charge in [0.1, 0.15) is 5.82 Å². The molecule has 0 spiro atoms. The standard InChI is InChI=1S/C20H23FN2O4/c1-24-18-10-14(11-19(25-2)20(18)26-3)13-22-15-4-5-17(16(21)12-15)23-6-8-27-9-7-23/h4-5,10-13H,6-9H2,1-3H3. The number of nitrogens with zero attached hydrogens (tertiary/aromatic N) is 2.